The summed E-state index contributed by atoms with van der Waals surface area (Å²) in [6.45, 7) is 2.13. The van der Waals surface area contributed by atoms with E-state index in [4.69, 9.17) is 9.47 Å². The van der Waals surface area contributed by atoms with E-state index in [2.05, 4.69) is 22.3 Å². The summed E-state index contributed by atoms with van der Waals surface area (Å²) in [6, 6.07) is 14.4. The minimum atomic E-state index is -4.45. The van der Waals surface area contributed by atoms with Crippen LogP contribution in [0.1, 0.15) is 35.3 Å². The molecular formula is C25H26F3N3O2. The third-order valence-corrected chi connectivity index (χ3v) is 5.89. The molecule has 5 nitrogen and oxygen atoms in total. The van der Waals surface area contributed by atoms with Crippen molar-refractivity contribution in [1.29, 1.82) is 0 Å². The molecular weight excluding hydrogens is 431 g/mol. The molecule has 174 valence electrons. The van der Waals surface area contributed by atoms with Gasteiger partial charge in [-0.25, -0.2) is 5.01 Å². The van der Waals surface area contributed by atoms with Crippen LogP contribution in [0.2, 0.25) is 0 Å². The van der Waals surface area contributed by atoms with Crippen molar-refractivity contribution >= 4 is 0 Å². The molecule has 0 spiro atoms. The lowest BCUT2D eigenvalue weighted by Crippen LogP contribution is -2.42. The van der Waals surface area contributed by atoms with Gasteiger partial charge >= 0.3 is 6.18 Å². The van der Waals surface area contributed by atoms with Gasteiger partial charge in [-0.2, -0.15) is 13.2 Å². The fourth-order valence-corrected chi connectivity index (χ4v) is 4.37. The smallest absolute Gasteiger partial charge is 0.433 e. The summed E-state index contributed by atoms with van der Waals surface area (Å²) < 4.78 is 49.5. The first-order valence-corrected chi connectivity index (χ1v) is 10.6. The van der Waals surface area contributed by atoms with Crippen LogP contribution in [0.3, 0.4) is 0 Å². The van der Waals surface area contributed by atoms with Crippen LogP contribution in [0.5, 0.6) is 11.5 Å². The predicted octanol–water partition coefficient (Wildman–Crippen LogP) is 5.26. The Hall–Kier alpha value is -3.10. The first-order valence-electron chi connectivity index (χ1n) is 10.6. The number of rotatable bonds is 4. The van der Waals surface area contributed by atoms with E-state index in [9.17, 15) is 13.2 Å². The number of aromatic nitrogens is 1. The third-order valence-electron chi connectivity index (χ3n) is 5.89. The van der Waals surface area contributed by atoms with Gasteiger partial charge in [-0.05, 0) is 53.8 Å². The first-order chi connectivity index (χ1) is 15.7. The van der Waals surface area contributed by atoms with E-state index in [1.807, 2.05) is 43.4 Å². The highest BCUT2D eigenvalue weighted by atomic mass is 19.4. The molecule has 33 heavy (non-hydrogen) atoms. The van der Waals surface area contributed by atoms with Gasteiger partial charge in [0.25, 0.3) is 0 Å². The molecule has 2 heterocycles. The molecule has 1 aromatic heterocycles. The van der Waals surface area contributed by atoms with Crippen LogP contribution < -0.4 is 14.9 Å². The highest BCUT2D eigenvalue weighted by molar-refractivity contribution is 5.63. The zero-order chi connectivity index (χ0) is 23.8. The van der Waals surface area contributed by atoms with Crippen LogP contribution in [0.15, 0.2) is 54.7 Å². The van der Waals surface area contributed by atoms with E-state index in [0.717, 1.165) is 34.7 Å². The molecule has 8 heteroatoms. The van der Waals surface area contributed by atoms with Gasteiger partial charge in [0.05, 0.1) is 20.3 Å². The van der Waals surface area contributed by atoms with Crippen molar-refractivity contribution in [3.05, 3.63) is 77.1 Å². The molecule has 2 unspecified atom stereocenters. The van der Waals surface area contributed by atoms with Gasteiger partial charge < -0.3 is 9.47 Å². The van der Waals surface area contributed by atoms with E-state index >= 15 is 0 Å². The topological polar surface area (TPSA) is 46.6 Å². The third kappa shape index (κ3) is 4.67. The Morgan fingerprint density at radius 2 is 1.61 bits per heavy atom. The van der Waals surface area contributed by atoms with Crippen LogP contribution in [-0.4, -0.2) is 37.3 Å². The van der Waals surface area contributed by atoms with Gasteiger partial charge in [0.2, 0.25) is 0 Å². The molecule has 1 aliphatic rings. The summed E-state index contributed by atoms with van der Waals surface area (Å²) in [4.78, 5) is 3.57. The molecule has 0 aliphatic carbocycles. The summed E-state index contributed by atoms with van der Waals surface area (Å²) in [5.74, 6) is 1.36. The SMILES string of the molecule is COc1cc2c(cc1OC)C(c1ccc(-c3ccc(C(F)(F)F)nc3)cc1)N(C)NC(C)C2. The number of benzene rings is 2. The number of halogens is 3. The fourth-order valence-electron chi connectivity index (χ4n) is 4.37. The average molecular weight is 457 g/mol. The number of nitrogens with one attached hydrogen (secondary N) is 1. The molecule has 1 N–H and O–H groups in total. The summed E-state index contributed by atoms with van der Waals surface area (Å²) in [5, 5.41) is 2.08. The van der Waals surface area contributed by atoms with Crippen molar-refractivity contribution < 1.29 is 22.6 Å². The maximum Gasteiger partial charge on any atom is 0.433 e. The zero-order valence-electron chi connectivity index (χ0n) is 18.9. The molecule has 0 bridgehead atoms. The Morgan fingerprint density at radius 3 is 2.18 bits per heavy atom. The van der Waals surface area contributed by atoms with E-state index < -0.39 is 11.9 Å². The minimum Gasteiger partial charge on any atom is -0.493 e. The Balaban J connectivity index is 1.71. The lowest BCUT2D eigenvalue weighted by atomic mass is 9.91. The zero-order valence-corrected chi connectivity index (χ0v) is 18.9. The van der Waals surface area contributed by atoms with Gasteiger partial charge in [-0.15, -0.1) is 0 Å². The van der Waals surface area contributed by atoms with Gasteiger partial charge in [-0.1, -0.05) is 30.3 Å². The van der Waals surface area contributed by atoms with Crippen LogP contribution in [-0.2, 0) is 12.6 Å². The molecule has 4 rings (SSSR count). The van der Waals surface area contributed by atoms with E-state index in [0.29, 0.717) is 17.1 Å². The number of hydrazine groups is 1. The molecule has 1 aliphatic heterocycles. The highest BCUT2D eigenvalue weighted by Gasteiger charge is 2.32. The van der Waals surface area contributed by atoms with E-state index in [1.54, 1.807) is 14.2 Å². The molecule has 0 saturated carbocycles. The van der Waals surface area contributed by atoms with Crippen molar-refractivity contribution in [1.82, 2.24) is 15.4 Å². The quantitative estimate of drug-likeness (QED) is 0.580. The Morgan fingerprint density at radius 1 is 0.970 bits per heavy atom. The first kappa shape index (κ1) is 23.1. The summed E-state index contributed by atoms with van der Waals surface area (Å²) in [6.07, 6.45) is -2.37. The monoisotopic (exact) mass is 457 g/mol. The number of methoxy groups -OCH3 is 2. The van der Waals surface area contributed by atoms with Crippen LogP contribution >= 0.6 is 0 Å². The molecule has 0 amide bonds. The average Bonchev–Trinajstić information content (AvgIpc) is 2.91. The molecule has 3 aromatic rings. The van der Waals surface area contributed by atoms with Crippen molar-refractivity contribution in [3.8, 4) is 22.6 Å². The lowest BCUT2D eigenvalue weighted by Gasteiger charge is -2.29. The maximum absolute atomic E-state index is 12.8. The molecule has 0 saturated heterocycles. The van der Waals surface area contributed by atoms with Crippen LogP contribution in [0.25, 0.3) is 11.1 Å². The normalized spacial score (nSPS) is 19.0. The number of hydrogen-bond donors (Lipinski definition) is 1. The lowest BCUT2D eigenvalue weighted by molar-refractivity contribution is -0.141. The number of ether oxygens (including phenoxy) is 2. The maximum atomic E-state index is 12.8. The second-order valence-electron chi connectivity index (χ2n) is 8.21. The van der Waals surface area contributed by atoms with Crippen LogP contribution in [0, 0.1) is 0 Å². The fraction of sp³-hybridized carbons (Fsp3) is 0.320. The van der Waals surface area contributed by atoms with Crippen molar-refractivity contribution in [2.45, 2.75) is 31.6 Å². The number of alkyl halides is 3. The number of hydrogen-bond acceptors (Lipinski definition) is 5. The summed E-state index contributed by atoms with van der Waals surface area (Å²) >= 11 is 0. The van der Waals surface area contributed by atoms with Crippen LogP contribution in [0.4, 0.5) is 13.2 Å². The van der Waals surface area contributed by atoms with Gasteiger partial charge in [0, 0.05) is 24.8 Å². The summed E-state index contributed by atoms with van der Waals surface area (Å²) in [7, 11) is 5.25. The van der Waals surface area contributed by atoms with Gasteiger partial charge in [0.1, 0.15) is 5.69 Å². The number of pyridine rings is 1. The van der Waals surface area contributed by atoms with Crippen molar-refractivity contribution in [2.24, 2.45) is 0 Å². The van der Waals surface area contributed by atoms with E-state index in [1.165, 1.54) is 12.3 Å². The standard InChI is InChI=1S/C25H26F3N3O2/c1-15-11-19-12-21(32-3)22(33-4)13-20(19)24(31(2)30-15)17-7-5-16(6-8-17)18-9-10-23(29-14-18)25(26,27)28/h5-10,12-15,24,30H,11H2,1-4H3. The molecule has 2 aromatic carbocycles. The molecule has 0 fully saturated rings. The molecule has 0 radical (unpaired) electrons. The minimum absolute atomic E-state index is 0.0930. The predicted molar refractivity (Wildman–Crippen MR) is 120 cm³/mol. The Kier molecular flexibility index (Phi) is 6.32. The largest absolute Gasteiger partial charge is 0.493 e. The Labute approximate surface area is 191 Å². The second kappa shape index (κ2) is 9.03. The van der Waals surface area contributed by atoms with Crippen molar-refractivity contribution in [2.75, 3.05) is 21.3 Å². The Bertz CT molecular complexity index is 1120. The number of nitrogens with zero attached hydrogens (tertiary/aromatic N) is 2. The van der Waals surface area contributed by atoms with Gasteiger partial charge in [0.15, 0.2) is 11.5 Å². The van der Waals surface area contributed by atoms with Gasteiger partial charge in [-0.3, -0.25) is 10.4 Å². The number of fused-ring (bicyclic) bond motifs is 1. The second-order valence-corrected chi connectivity index (χ2v) is 8.21. The highest BCUT2D eigenvalue weighted by Crippen LogP contribution is 2.39. The van der Waals surface area contributed by atoms with Crippen molar-refractivity contribution in [3.63, 3.8) is 0 Å². The molecule has 2 atom stereocenters. The van der Waals surface area contributed by atoms with E-state index in [-0.39, 0.29) is 12.1 Å². The summed E-state index contributed by atoms with van der Waals surface area (Å²) in [5.41, 5.74) is 7.35.